The Morgan fingerprint density at radius 3 is 2.63 bits per heavy atom. The van der Waals surface area contributed by atoms with Gasteiger partial charge >= 0.3 is 0 Å². The van der Waals surface area contributed by atoms with Gasteiger partial charge in [-0.15, -0.1) is 0 Å². The number of H-pyrrole nitrogens is 1. The van der Waals surface area contributed by atoms with Crippen LogP contribution < -0.4 is 4.74 Å². The highest BCUT2D eigenvalue weighted by atomic mass is 32.1. The smallest absolute Gasteiger partial charge is 0.184 e. The topological polar surface area (TPSA) is 42.8 Å². The fourth-order valence-corrected chi connectivity index (χ4v) is 2.39. The number of pyridine rings is 1. The van der Waals surface area contributed by atoms with E-state index in [1.165, 1.54) is 0 Å². The summed E-state index contributed by atoms with van der Waals surface area (Å²) >= 11 is 5.39. The van der Waals surface area contributed by atoms with E-state index in [2.05, 4.69) is 9.97 Å². The number of rotatable bonds is 2. The average Bonchev–Trinajstić information content (AvgIpc) is 2.77. The molecule has 5 heteroatoms. The molecule has 0 spiro atoms. The normalized spacial score (nSPS) is 10.8. The van der Waals surface area contributed by atoms with Gasteiger partial charge in [-0.2, -0.15) is 0 Å². The number of benzene rings is 1. The number of nitrogens with zero attached hydrogens (tertiary/aromatic N) is 2. The van der Waals surface area contributed by atoms with Crippen molar-refractivity contribution >= 4 is 23.4 Å². The van der Waals surface area contributed by atoms with E-state index in [1.54, 1.807) is 13.3 Å². The molecule has 0 saturated heterocycles. The Morgan fingerprint density at radius 1 is 1.21 bits per heavy atom. The summed E-state index contributed by atoms with van der Waals surface area (Å²) in [4.78, 5) is 7.62. The highest BCUT2D eigenvalue weighted by molar-refractivity contribution is 7.71. The van der Waals surface area contributed by atoms with Crippen LogP contribution in [-0.4, -0.2) is 21.6 Å². The first-order chi connectivity index (χ1) is 9.20. The summed E-state index contributed by atoms with van der Waals surface area (Å²) in [6.45, 7) is 2.04. The number of nitrogens with one attached hydrogen (secondary N) is 1. The van der Waals surface area contributed by atoms with Crippen LogP contribution in [0.1, 0.15) is 5.56 Å². The molecule has 4 nitrogen and oxygen atoms in total. The predicted octanol–water partition coefficient (Wildman–Crippen LogP) is 3.40. The van der Waals surface area contributed by atoms with Crippen LogP contribution in [0.15, 0.2) is 36.5 Å². The molecule has 3 aromatic rings. The van der Waals surface area contributed by atoms with Crippen molar-refractivity contribution in [2.45, 2.75) is 6.92 Å². The molecule has 0 aliphatic rings. The molecule has 1 aromatic carbocycles. The molecule has 0 bridgehead atoms. The summed E-state index contributed by atoms with van der Waals surface area (Å²) in [5.74, 6) is 0.819. The van der Waals surface area contributed by atoms with E-state index < -0.39 is 0 Å². The monoisotopic (exact) mass is 271 g/mol. The Balaban J connectivity index is 2.27. The Bertz CT molecular complexity index is 787. The van der Waals surface area contributed by atoms with Crippen LogP contribution in [0.5, 0.6) is 5.75 Å². The maximum atomic E-state index is 5.39. The largest absolute Gasteiger partial charge is 0.497 e. The van der Waals surface area contributed by atoms with Gasteiger partial charge in [-0.25, -0.2) is 4.98 Å². The molecule has 0 radical (unpaired) electrons. The number of aromatic amines is 1. The average molecular weight is 271 g/mol. The van der Waals surface area contributed by atoms with Crippen LogP contribution >= 0.6 is 12.2 Å². The van der Waals surface area contributed by atoms with Gasteiger partial charge in [-0.05, 0) is 55.0 Å². The van der Waals surface area contributed by atoms with E-state index in [1.807, 2.05) is 41.8 Å². The van der Waals surface area contributed by atoms with Crippen LogP contribution in [0.25, 0.3) is 16.9 Å². The van der Waals surface area contributed by atoms with Gasteiger partial charge in [-0.3, -0.25) is 4.57 Å². The fourth-order valence-electron chi connectivity index (χ4n) is 2.10. The maximum absolute atomic E-state index is 5.39. The molecule has 96 valence electrons. The SMILES string of the molecule is COc1ccc(-n2c(=S)[nH]c3c(C)ccnc32)cc1. The highest BCUT2D eigenvalue weighted by Crippen LogP contribution is 2.21. The lowest BCUT2D eigenvalue weighted by Crippen LogP contribution is -1.95. The minimum atomic E-state index is 0.641. The van der Waals surface area contributed by atoms with Gasteiger partial charge in [0, 0.05) is 6.20 Å². The Kier molecular flexibility index (Phi) is 2.83. The van der Waals surface area contributed by atoms with E-state index >= 15 is 0 Å². The predicted molar refractivity (Wildman–Crippen MR) is 77.5 cm³/mol. The van der Waals surface area contributed by atoms with Crippen molar-refractivity contribution in [1.29, 1.82) is 0 Å². The second-order valence-corrected chi connectivity index (χ2v) is 4.68. The molecule has 0 aliphatic carbocycles. The van der Waals surface area contributed by atoms with Gasteiger partial charge in [-0.1, -0.05) is 0 Å². The third-order valence-corrected chi connectivity index (χ3v) is 3.40. The lowest BCUT2D eigenvalue weighted by atomic mass is 10.2. The van der Waals surface area contributed by atoms with Crippen LogP contribution in [0, 0.1) is 11.7 Å². The van der Waals surface area contributed by atoms with Crippen LogP contribution in [0.4, 0.5) is 0 Å². The fraction of sp³-hybridized carbons (Fsp3) is 0.143. The van der Waals surface area contributed by atoms with Gasteiger partial charge in [0.15, 0.2) is 10.4 Å². The number of hydrogen-bond donors (Lipinski definition) is 1. The third-order valence-electron chi connectivity index (χ3n) is 3.12. The van der Waals surface area contributed by atoms with E-state index in [0.29, 0.717) is 4.77 Å². The summed E-state index contributed by atoms with van der Waals surface area (Å²) in [5, 5.41) is 0. The number of aryl methyl sites for hydroxylation is 1. The summed E-state index contributed by atoms with van der Waals surface area (Å²) < 4.78 is 7.73. The number of hydrogen-bond acceptors (Lipinski definition) is 3. The maximum Gasteiger partial charge on any atom is 0.184 e. The lowest BCUT2D eigenvalue weighted by Gasteiger charge is -2.05. The zero-order valence-corrected chi connectivity index (χ0v) is 11.5. The Hall–Kier alpha value is -2.14. The Labute approximate surface area is 115 Å². The molecule has 19 heavy (non-hydrogen) atoms. The van der Waals surface area contributed by atoms with Crippen molar-refractivity contribution in [3.05, 3.63) is 46.9 Å². The quantitative estimate of drug-likeness (QED) is 0.726. The van der Waals surface area contributed by atoms with Crippen molar-refractivity contribution in [2.75, 3.05) is 7.11 Å². The first-order valence-corrected chi connectivity index (χ1v) is 6.32. The number of aromatic nitrogens is 3. The molecule has 2 aromatic heterocycles. The number of imidazole rings is 1. The summed E-state index contributed by atoms with van der Waals surface area (Å²) in [6.07, 6.45) is 1.79. The zero-order chi connectivity index (χ0) is 13.4. The minimum absolute atomic E-state index is 0.641. The number of fused-ring (bicyclic) bond motifs is 1. The highest BCUT2D eigenvalue weighted by Gasteiger charge is 2.09. The van der Waals surface area contributed by atoms with E-state index in [4.69, 9.17) is 17.0 Å². The molecule has 2 heterocycles. The molecule has 0 amide bonds. The standard InChI is InChI=1S/C14H13N3OS/c1-9-7-8-15-13-12(9)16-14(19)17(13)10-3-5-11(18-2)6-4-10/h3-8H,1-2H3,(H,16,19). The third kappa shape index (κ3) is 1.92. The molecule has 0 unspecified atom stereocenters. The van der Waals surface area contributed by atoms with Gasteiger partial charge in [0.05, 0.1) is 18.3 Å². The lowest BCUT2D eigenvalue weighted by molar-refractivity contribution is 0.415. The van der Waals surface area contributed by atoms with Crippen molar-refractivity contribution in [1.82, 2.24) is 14.5 Å². The number of ether oxygens (including phenoxy) is 1. The zero-order valence-electron chi connectivity index (χ0n) is 10.7. The molecule has 0 fully saturated rings. The Morgan fingerprint density at radius 2 is 1.95 bits per heavy atom. The van der Waals surface area contributed by atoms with Gasteiger partial charge in [0.25, 0.3) is 0 Å². The summed E-state index contributed by atoms with van der Waals surface area (Å²) in [5.41, 5.74) is 3.91. The molecule has 0 saturated carbocycles. The van der Waals surface area contributed by atoms with Crippen molar-refractivity contribution in [3.8, 4) is 11.4 Å². The van der Waals surface area contributed by atoms with Crippen LogP contribution in [0.3, 0.4) is 0 Å². The molecule has 0 atom stereocenters. The summed E-state index contributed by atoms with van der Waals surface area (Å²) in [7, 11) is 1.65. The van der Waals surface area contributed by atoms with Crippen molar-refractivity contribution < 1.29 is 4.74 Å². The molecule has 0 aliphatic heterocycles. The molecule has 3 rings (SSSR count). The first kappa shape index (κ1) is 11.9. The van der Waals surface area contributed by atoms with Crippen molar-refractivity contribution in [2.24, 2.45) is 0 Å². The molecular weight excluding hydrogens is 258 g/mol. The molecule has 1 N–H and O–H groups in total. The summed E-state index contributed by atoms with van der Waals surface area (Å²) in [6, 6.07) is 9.71. The van der Waals surface area contributed by atoms with E-state index in [9.17, 15) is 0 Å². The van der Waals surface area contributed by atoms with Gasteiger partial charge in [0.1, 0.15) is 5.75 Å². The van der Waals surface area contributed by atoms with E-state index in [0.717, 1.165) is 28.2 Å². The van der Waals surface area contributed by atoms with Crippen LogP contribution in [-0.2, 0) is 0 Å². The number of methoxy groups -OCH3 is 1. The van der Waals surface area contributed by atoms with Crippen LogP contribution in [0.2, 0.25) is 0 Å². The first-order valence-electron chi connectivity index (χ1n) is 5.91. The van der Waals surface area contributed by atoms with Gasteiger partial charge < -0.3 is 9.72 Å². The second kappa shape index (κ2) is 4.51. The van der Waals surface area contributed by atoms with Crippen molar-refractivity contribution in [3.63, 3.8) is 0 Å². The van der Waals surface area contributed by atoms with Gasteiger partial charge in [0.2, 0.25) is 0 Å². The second-order valence-electron chi connectivity index (χ2n) is 4.29. The minimum Gasteiger partial charge on any atom is -0.497 e. The van der Waals surface area contributed by atoms with E-state index in [-0.39, 0.29) is 0 Å². The molecular formula is C14H13N3OS.